The summed E-state index contributed by atoms with van der Waals surface area (Å²) in [7, 11) is 1.58. The molecule has 0 saturated carbocycles. The fourth-order valence-electron chi connectivity index (χ4n) is 3.61. The Morgan fingerprint density at radius 3 is 2.52 bits per heavy atom. The first-order chi connectivity index (χ1) is 13.2. The summed E-state index contributed by atoms with van der Waals surface area (Å²) in [5.74, 6) is 0.231. The molecule has 0 unspecified atom stereocenters. The maximum Gasteiger partial charge on any atom is 0.233 e. The van der Waals surface area contributed by atoms with Gasteiger partial charge in [0.15, 0.2) is 0 Å². The first-order valence-electron chi connectivity index (χ1n) is 8.92. The molecule has 2 aromatic carbocycles. The molecule has 0 fully saturated rings. The lowest BCUT2D eigenvalue weighted by atomic mass is 10.0. The van der Waals surface area contributed by atoms with Crippen molar-refractivity contribution in [3.05, 3.63) is 83.7 Å². The Balaban J connectivity index is 1.57. The lowest BCUT2D eigenvalue weighted by Crippen LogP contribution is -2.19. The minimum absolute atomic E-state index is 0.0207. The van der Waals surface area contributed by atoms with Gasteiger partial charge in [0.05, 0.1) is 24.4 Å². The van der Waals surface area contributed by atoms with E-state index in [4.69, 9.17) is 4.74 Å². The van der Waals surface area contributed by atoms with Crippen molar-refractivity contribution in [1.82, 2.24) is 4.57 Å². The number of hydrogen-bond donors (Lipinski definition) is 1. The van der Waals surface area contributed by atoms with Gasteiger partial charge in [-0.15, -0.1) is 0 Å². The van der Waals surface area contributed by atoms with Crippen molar-refractivity contribution in [2.24, 2.45) is 0 Å². The summed E-state index contributed by atoms with van der Waals surface area (Å²) in [5, 5.41) is 2.95. The van der Waals surface area contributed by atoms with E-state index in [9.17, 15) is 9.59 Å². The van der Waals surface area contributed by atoms with Gasteiger partial charge in [0.2, 0.25) is 11.7 Å². The summed E-state index contributed by atoms with van der Waals surface area (Å²) in [6.07, 6.45) is 0.673. The number of carbonyl (C=O) groups is 2. The SMILES string of the molecule is COc1ccccc1NC(=O)[C@@H]1CCn2c(C(=O)c3ccccc3)ccc21. The fourth-order valence-corrected chi connectivity index (χ4v) is 3.61. The number of rotatable bonds is 5. The summed E-state index contributed by atoms with van der Waals surface area (Å²) in [5.41, 5.74) is 2.81. The molecule has 5 nitrogen and oxygen atoms in total. The van der Waals surface area contributed by atoms with Crippen LogP contribution in [0.1, 0.15) is 34.1 Å². The summed E-state index contributed by atoms with van der Waals surface area (Å²) in [4.78, 5) is 25.6. The van der Waals surface area contributed by atoms with Crippen LogP contribution in [0.15, 0.2) is 66.7 Å². The van der Waals surface area contributed by atoms with E-state index in [-0.39, 0.29) is 17.6 Å². The Labute approximate surface area is 157 Å². The minimum atomic E-state index is -0.285. The number of amides is 1. The van der Waals surface area contributed by atoms with E-state index in [1.54, 1.807) is 7.11 Å². The number of fused-ring (bicyclic) bond motifs is 1. The first-order valence-corrected chi connectivity index (χ1v) is 8.92. The predicted octanol–water partition coefficient (Wildman–Crippen LogP) is 3.85. The van der Waals surface area contributed by atoms with Gasteiger partial charge < -0.3 is 14.6 Å². The summed E-state index contributed by atoms with van der Waals surface area (Å²) in [6.45, 7) is 0.653. The van der Waals surface area contributed by atoms with Crippen molar-refractivity contribution in [2.45, 2.75) is 18.9 Å². The van der Waals surface area contributed by atoms with Gasteiger partial charge in [0.1, 0.15) is 5.75 Å². The van der Waals surface area contributed by atoms with E-state index < -0.39 is 0 Å². The van der Waals surface area contributed by atoms with Gasteiger partial charge in [0.25, 0.3) is 0 Å². The van der Waals surface area contributed by atoms with Crippen LogP contribution >= 0.6 is 0 Å². The number of anilines is 1. The molecule has 2 heterocycles. The van der Waals surface area contributed by atoms with Gasteiger partial charge in [-0.2, -0.15) is 0 Å². The standard InChI is InChI=1S/C22H20N2O3/c1-27-20-10-6-5-9-17(20)23-22(26)16-13-14-24-18(16)11-12-19(24)21(25)15-7-3-2-4-8-15/h2-12,16H,13-14H2,1H3,(H,23,26)/t16-/m1/s1. The van der Waals surface area contributed by atoms with Crippen LogP contribution in [0, 0.1) is 0 Å². The second-order valence-electron chi connectivity index (χ2n) is 6.52. The Kier molecular flexibility index (Phi) is 4.50. The third-order valence-corrected chi connectivity index (χ3v) is 4.96. The zero-order chi connectivity index (χ0) is 18.8. The number of ether oxygens (including phenoxy) is 1. The average Bonchev–Trinajstić information content (AvgIpc) is 3.30. The molecular weight excluding hydrogens is 340 g/mol. The largest absolute Gasteiger partial charge is 0.495 e. The number of para-hydroxylation sites is 2. The van der Waals surface area contributed by atoms with Crippen LogP contribution in [0.4, 0.5) is 5.69 Å². The number of aromatic nitrogens is 1. The van der Waals surface area contributed by atoms with Gasteiger partial charge in [-0.1, -0.05) is 42.5 Å². The highest BCUT2D eigenvalue weighted by Crippen LogP contribution is 2.33. The van der Waals surface area contributed by atoms with Crippen molar-refractivity contribution in [2.75, 3.05) is 12.4 Å². The Morgan fingerprint density at radius 1 is 1.00 bits per heavy atom. The fraction of sp³-hybridized carbons (Fsp3) is 0.182. The summed E-state index contributed by atoms with van der Waals surface area (Å²) in [6, 6.07) is 20.2. The third-order valence-electron chi connectivity index (χ3n) is 4.96. The van der Waals surface area contributed by atoms with Crippen LogP contribution < -0.4 is 10.1 Å². The Morgan fingerprint density at radius 2 is 1.74 bits per heavy atom. The summed E-state index contributed by atoms with van der Waals surface area (Å²) < 4.78 is 7.26. The lowest BCUT2D eigenvalue weighted by Gasteiger charge is -2.13. The van der Waals surface area contributed by atoms with E-state index >= 15 is 0 Å². The van der Waals surface area contributed by atoms with Crippen LogP contribution in [0.5, 0.6) is 5.75 Å². The predicted molar refractivity (Wildman–Crippen MR) is 103 cm³/mol. The maximum atomic E-state index is 12.8. The van der Waals surface area contributed by atoms with E-state index in [1.807, 2.05) is 71.3 Å². The molecule has 136 valence electrons. The van der Waals surface area contributed by atoms with Gasteiger partial charge in [-0.25, -0.2) is 0 Å². The molecule has 4 rings (SSSR count). The zero-order valence-electron chi connectivity index (χ0n) is 15.0. The number of nitrogens with one attached hydrogen (secondary N) is 1. The molecule has 0 radical (unpaired) electrons. The van der Waals surface area contributed by atoms with E-state index in [0.29, 0.717) is 35.7 Å². The van der Waals surface area contributed by atoms with Crippen molar-refractivity contribution < 1.29 is 14.3 Å². The Bertz CT molecular complexity index is 992. The molecule has 0 spiro atoms. The number of benzene rings is 2. The lowest BCUT2D eigenvalue weighted by molar-refractivity contribution is -0.117. The zero-order valence-corrected chi connectivity index (χ0v) is 15.0. The molecule has 1 aromatic heterocycles. The molecule has 0 saturated heterocycles. The van der Waals surface area contributed by atoms with Crippen molar-refractivity contribution >= 4 is 17.4 Å². The number of methoxy groups -OCH3 is 1. The van der Waals surface area contributed by atoms with Crippen molar-refractivity contribution in [1.29, 1.82) is 0 Å². The van der Waals surface area contributed by atoms with Crippen molar-refractivity contribution in [3.8, 4) is 5.75 Å². The highest BCUT2D eigenvalue weighted by Gasteiger charge is 2.32. The summed E-state index contributed by atoms with van der Waals surface area (Å²) >= 11 is 0. The van der Waals surface area contributed by atoms with Gasteiger partial charge in [-0.05, 0) is 30.7 Å². The third kappa shape index (κ3) is 3.12. The van der Waals surface area contributed by atoms with Crippen LogP contribution in [-0.2, 0) is 11.3 Å². The minimum Gasteiger partial charge on any atom is -0.495 e. The first kappa shape index (κ1) is 17.1. The molecule has 3 aromatic rings. The van der Waals surface area contributed by atoms with E-state index in [2.05, 4.69) is 5.32 Å². The molecule has 0 bridgehead atoms. The highest BCUT2D eigenvalue weighted by molar-refractivity contribution is 6.08. The van der Waals surface area contributed by atoms with Gasteiger partial charge in [-0.3, -0.25) is 9.59 Å². The molecule has 1 N–H and O–H groups in total. The maximum absolute atomic E-state index is 12.8. The number of ketones is 1. The number of hydrogen-bond acceptors (Lipinski definition) is 3. The topological polar surface area (TPSA) is 60.3 Å². The van der Waals surface area contributed by atoms with E-state index in [0.717, 1.165) is 5.69 Å². The molecular formula is C22H20N2O3. The second kappa shape index (κ2) is 7.11. The average molecular weight is 360 g/mol. The van der Waals surface area contributed by atoms with Gasteiger partial charge >= 0.3 is 0 Å². The molecule has 1 amide bonds. The molecule has 5 heteroatoms. The van der Waals surface area contributed by atoms with Gasteiger partial charge in [0, 0.05) is 17.8 Å². The van der Waals surface area contributed by atoms with E-state index in [1.165, 1.54) is 0 Å². The van der Waals surface area contributed by atoms with Crippen LogP contribution in [0.25, 0.3) is 0 Å². The number of nitrogens with zero attached hydrogens (tertiary/aromatic N) is 1. The quantitative estimate of drug-likeness (QED) is 0.703. The highest BCUT2D eigenvalue weighted by atomic mass is 16.5. The van der Waals surface area contributed by atoms with Crippen LogP contribution in [0.2, 0.25) is 0 Å². The monoisotopic (exact) mass is 360 g/mol. The van der Waals surface area contributed by atoms with Crippen LogP contribution in [-0.4, -0.2) is 23.4 Å². The molecule has 1 atom stereocenters. The smallest absolute Gasteiger partial charge is 0.233 e. The second-order valence-corrected chi connectivity index (χ2v) is 6.52. The molecule has 1 aliphatic heterocycles. The molecule has 1 aliphatic rings. The molecule has 0 aliphatic carbocycles. The van der Waals surface area contributed by atoms with Crippen LogP contribution in [0.3, 0.4) is 0 Å². The Hall–Kier alpha value is -3.34. The number of carbonyl (C=O) groups excluding carboxylic acids is 2. The van der Waals surface area contributed by atoms with Crippen molar-refractivity contribution in [3.63, 3.8) is 0 Å². The molecule has 27 heavy (non-hydrogen) atoms. The normalized spacial score (nSPS) is 15.2.